The van der Waals surface area contributed by atoms with Crippen molar-refractivity contribution in [1.29, 1.82) is 0 Å². The summed E-state index contributed by atoms with van der Waals surface area (Å²) in [5.41, 5.74) is 0.458. The lowest BCUT2D eigenvalue weighted by atomic mass is 10.0. The van der Waals surface area contributed by atoms with Crippen molar-refractivity contribution in [3.63, 3.8) is 0 Å². The van der Waals surface area contributed by atoms with Crippen molar-refractivity contribution in [2.24, 2.45) is 0 Å². The van der Waals surface area contributed by atoms with Gasteiger partial charge in [0.1, 0.15) is 12.7 Å². The van der Waals surface area contributed by atoms with Crippen molar-refractivity contribution < 1.29 is 14.9 Å². The monoisotopic (exact) mass is 260 g/mol. The summed E-state index contributed by atoms with van der Waals surface area (Å²) in [4.78, 5) is 10.2. The molecule has 1 unspecified atom stereocenters. The Hall–Kier alpha value is -1.42. The third-order valence-electron chi connectivity index (χ3n) is 2.69. The lowest BCUT2D eigenvalue weighted by Gasteiger charge is -2.19. The average molecular weight is 260 g/mol. The van der Waals surface area contributed by atoms with Crippen LogP contribution in [0.5, 0.6) is 0 Å². The summed E-state index contributed by atoms with van der Waals surface area (Å²) >= 11 is 0. The molecule has 0 spiro atoms. The molecule has 0 radical (unpaired) electrons. The van der Waals surface area contributed by atoms with Crippen LogP contribution in [0.15, 0.2) is 42.5 Å². The largest absolute Gasteiger partial charge is 0.386 e. The topological polar surface area (TPSA) is 38.7 Å². The Morgan fingerprint density at radius 2 is 1.74 bits per heavy atom. The molecule has 102 valence electrons. The highest BCUT2D eigenvalue weighted by molar-refractivity contribution is 5.83. The predicted molar refractivity (Wildman–Crippen MR) is 75.7 cm³/mol. The highest BCUT2D eigenvalue weighted by Crippen LogP contribution is 2.21. The first kappa shape index (κ1) is 14.0. The first-order chi connectivity index (χ1) is 8.96. The fourth-order valence-electron chi connectivity index (χ4n) is 1.79. The molecule has 0 bridgehead atoms. The highest BCUT2D eigenvalue weighted by atomic mass is 17.2. The van der Waals surface area contributed by atoms with Gasteiger partial charge in [-0.2, -0.15) is 0 Å². The van der Waals surface area contributed by atoms with Gasteiger partial charge in [0.2, 0.25) is 0 Å². The molecular formula is C16H20O3. The molecule has 0 aromatic heterocycles. The SMILES string of the molecule is CC(C)(C)OOCC(O)c1ccc2ccccc2c1. The maximum Gasteiger partial charge on any atom is 0.112 e. The van der Waals surface area contributed by atoms with Gasteiger partial charge in [0.25, 0.3) is 0 Å². The zero-order valence-corrected chi connectivity index (χ0v) is 11.6. The molecule has 0 saturated carbocycles. The molecule has 0 fully saturated rings. The molecule has 2 aromatic carbocycles. The second kappa shape index (κ2) is 5.70. The fourth-order valence-corrected chi connectivity index (χ4v) is 1.79. The summed E-state index contributed by atoms with van der Waals surface area (Å²) in [6.07, 6.45) is -0.688. The normalized spacial score (nSPS) is 13.7. The molecule has 0 aliphatic heterocycles. The maximum absolute atomic E-state index is 10.1. The quantitative estimate of drug-likeness (QED) is 0.674. The van der Waals surface area contributed by atoms with Crippen LogP contribution in [0.3, 0.4) is 0 Å². The van der Waals surface area contributed by atoms with E-state index in [1.807, 2.05) is 63.2 Å². The molecule has 3 heteroatoms. The van der Waals surface area contributed by atoms with Gasteiger partial charge in [0.05, 0.1) is 5.60 Å². The number of aliphatic hydroxyl groups excluding tert-OH is 1. The lowest BCUT2D eigenvalue weighted by molar-refractivity contribution is -0.356. The van der Waals surface area contributed by atoms with Crippen LogP contribution in [0.2, 0.25) is 0 Å². The lowest BCUT2D eigenvalue weighted by Crippen LogP contribution is -2.21. The Balaban J connectivity index is 2.03. The number of hydrogen-bond donors (Lipinski definition) is 1. The number of hydrogen-bond acceptors (Lipinski definition) is 3. The van der Waals surface area contributed by atoms with Crippen LogP contribution in [0.25, 0.3) is 10.8 Å². The predicted octanol–water partition coefficient (Wildman–Crippen LogP) is 3.62. The first-order valence-corrected chi connectivity index (χ1v) is 6.43. The molecule has 2 rings (SSSR count). The van der Waals surface area contributed by atoms with E-state index < -0.39 is 6.10 Å². The van der Waals surface area contributed by atoms with Gasteiger partial charge < -0.3 is 5.11 Å². The van der Waals surface area contributed by atoms with Gasteiger partial charge in [-0.1, -0.05) is 36.4 Å². The third kappa shape index (κ3) is 4.03. The molecule has 0 amide bonds. The second-order valence-electron chi connectivity index (χ2n) is 5.60. The van der Waals surface area contributed by atoms with Gasteiger partial charge in [-0.3, -0.25) is 0 Å². The van der Waals surface area contributed by atoms with Crippen molar-refractivity contribution >= 4 is 10.8 Å². The van der Waals surface area contributed by atoms with Gasteiger partial charge in [-0.25, -0.2) is 9.78 Å². The van der Waals surface area contributed by atoms with Gasteiger partial charge in [0, 0.05) is 0 Å². The van der Waals surface area contributed by atoms with Crippen molar-refractivity contribution in [2.45, 2.75) is 32.5 Å². The molecule has 0 saturated heterocycles. The van der Waals surface area contributed by atoms with E-state index in [-0.39, 0.29) is 12.2 Å². The summed E-state index contributed by atoms with van der Waals surface area (Å²) in [5, 5.41) is 12.3. The summed E-state index contributed by atoms with van der Waals surface area (Å²) in [7, 11) is 0. The molecule has 1 atom stereocenters. The third-order valence-corrected chi connectivity index (χ3v) is 2.69. The molecule has 0 aliphatic rings. The summed E-state index contributed by atoms with van der Waals surface area (Å²) in [6, 6.07) is 13.9. The van der Waals surface area contributed by atoms with Crippen LogP contribution < -0.4 is 0 Å². The van der Waals surface area contributed by atoms with Crippen molar-refractivity contribution in [2.75, 3.05) is 6.61 Å². The molecule has 19 heavy (non-hydrogen) atoms. The Labute approximate surface area is 113 Å². The van der Waals surface area contributed by atoms with E-state index in [0.717, 1.165) is 16.3 Å². The molecular weight excluding hydrogens is 240 g/mol. The van der Waals surface area contributed by atoms with Crippen LogP contribution in [0.4, 0.5) is 0 Å². The second-order valence-corrected chi connectivity index (χ2v) is 5.60. The average Bonchev–Trinajstić information content (AvgIpc) is 2.36. The standard InChI is InChI=1S/C16H20O3/c1-16(2,3)19-18-11-15(17)14-9-8-12-6-4-5-7-13(12)10-14/h4-10,15,17H,11H2,1-3H3. The van der Waals surface area contributed by atoms with E-state index in [1.165, 1.54) is 0 Å². The van der Waals surface area contributed by atoms with Gasteiger partial charge >= 0.3 is 0 Å². The Morgan fingerprint density at radius 3 is 2.42 bits per heavy atom. The summed E-state index contributed by atoms with van der Waals surface area (Å²) in [5.74, 6) is 0. The van der Waals surface area contributed by atoms with E-state index in [1.54, 1.807) is 0 Å². The summed E-state index contributed by atoms with van der Waals surface area (Å²) in [6.45, 7) is 5.82. The minimum atomic E-state index is -0.688. The van der Waals surface area contributed by atoms with Gasteiger partial charge in [-0.15, -0.1) is 0 Å². The molecule has 0 heterocycles. The number of aliphatic hydroxyl groups is 1. The zero-order chi connectivity index (χ0) is 13.9. The van der Waals surface area contributed by atoms with Crippen molar-refractivity contribution in [3.05, 3.63) is 48.0 Å². The van der Waals surface area contributed by atoms with Crippen LogP contribution in [-0.2, 0) is 9.78 Å². The van der Waals surface area contributed by atoms with E-state index in [0.29, 0.717) is 0 Å². The number of benzene rings is 2. The van der Waals surface area contributed by atoms with Crippen LogP contribution in [-0.4, -0.2) is 17.3 Å². The first-order valence-electron chi connectivity index (χ1n) is 6.43. The fraction of sp³-hybridized carbons (Fsp3) is 0.375. The Morgan fingerprint density at radius 1 is 1.05 bits per heavy atom. The minimum Gasteiger partial charge on any atom is -0.386 e. The van der Waals surface area contributed by atoms with Crippen LogP contribution in [0, 0.1) is 0 Å². The smallest absolute Gasteiger partial charge is 0.112 e. The van der Waals surface area contributed by atoms with Gasteiger partial charge in [-0.05, 0) is 43.2 Å². The van der Waals surface area contributed by atoms with E-state index >= 15 is 0 Å². The maximum atomic E-state index is 10.1. The summed E-state index contributed by atoms with van der Waals surface area (Å²) < 4.78 is 0. The van der Waals surface area contributed by atoms with Crippen molar-refractivity contribution in [3.8, 4) is 0 Å². The van der Waals surface area contributed by atoms with Crippen LogP contribution >= 0.6 is 0 Å². The van der Waals surface area contributed by atoms with Gasteiger partial charge in [0.15, 0.2) is 0 Å². The van der Waals surface area contributed by atoms with Crippen LogP contribution in [0.1, 0.15) is 32.4 Å². The minimum absolute atomic E-state index is 0.121. The zero-order valence-electron chi connectivity index (χ0n) is 11.6. The molecule has 3 nitrogen and oxygen atoms in total. The number of rotatable bonds is 4. The molecule has 2 aromatic rings. The van der Waals surface area contributed by atoms with E-state index in [2.05, 4.69) is 0 Å². The molecule has 0 aliphatic carbocycles. The highest BCUT2D eigenvalue weighted by Gasteiger charge is 2.14. The van der Waals surface area contributed by atoms with E-state index in [4.69, 9.17) is 9.78 Å². The molecule has 1 N–H and O–H groups in total. The van der Waals surface area contributed by atoms with Crippen molar-refractivity contribution in [1.82, 2.24) is 0 Å². The number of fused-ring (bicyclic) bond motifs is 1. The Bertz CT molecular complexity index is 543. The Kier molecular flexibility index (Phi) is 4.20. The van der Waals surface area contributed by atoms with E-state index in [9.17, 15) is 5.11 Å².